The van der Waals surface area contributed by atoms with Crippen molar-refractivity contribution in [2.24, 2.45) is 0 Å². The van der Waals surface area contributed by atoms with Gasteiger partial charge in [-0.25, -0.2) is 4.98 Å². The third-order valence-electron chi connectivity index (χ3n) is 3.57. The number of rotatable bonds is 4. The highest BCUT2D eigenvalue weighted by Gasteiger charge is 2.30. The van der Waals surface area contributed by atoms with Crippen molar-refractivity contribution in [2.45, 2.75) is 12.3 Å². The van der Waals surface area contributed by atoms with Crippen LogP contribution in [0.5, 0.6) is 0 Å². The van der Waals surface area contributed by atoms with Crippen molar-refractivity contribution in [1.29, 1.82) is 0 Å². The lowest BCUT2D eigenvalue weighted by molar-refractivity contribution is -0.137. The summed E-state index contributed by atoms with van der Waals surface area (Å²) in [5.74, 6) is -0.438. The third-order valence-corrected chi connectivity index (χ3v) is 4.60. The fourth-order valence-electron chi connectivity index (χ4n) is 2.25. The molecule has 1 amide bonds. The number of carbonyl (C=O) groups is 1. The average molecular weight is 366 g/mol. The van der Waals surface area contributed by atoms with Gasteiger partial charge in [0.2, 0.25) is 0 Å². The maximum atomic E-state index is 12.5. The summed E-state index contributed by atoms with van der Waals surface area (Å²) in [6.07, 6.45) is -5.54. The van der Waals surface area contributed by atoms with Crippen LogP contribution in [-0.4, -0.2) is 22.5 Å². The Kier molecular flexibility index (Phi) is 4.73. The van der Waals surface area contributed by atoms with Crippen LogP contribution in [0, 0.1) is 0 Å². The van der Waals surface area contributed by atoms with Crippen LogP contribution in [0.2, 0.25) is 0 Å². The molecule has 0 radical (unpaired) electrons. The number of aliphatic hydroxyl groups excluding tert-OH is 1. The maximum absolute atomic E-state index is 12.5. The Morgan fingerprint density at radius 2 is 1.84 bits per heavy atom. The topological polar surface area (TPSA) is 62.2 Å². The van der Waals surface area contributed by atoms with E-state index in [2.05, 4.69) is 10.3 Å². The van der Waals surface area contributed by atoms with Gasteiger partial charge in [-0.15, -0.1) is 11.3 Å². The number of alkyl halides is 3. The maximum Gasteiger partial charge on any atom is 0.416 e. The molecule has 3 aromatic rings. The summed E-state index contributed by atoms with van der Waals surface area (Å²) < 4.78 is 38.4. The minimum atomic E-state index is -4.43. The molecular weight excluding hydrogens is 353 g/mol. The Morgan fingerprint density at radius 3 is 2.48 bits per heavy atom. The van der Waals surface area contributed by atoms with E-state index in [4.69, 9.17) is 0 Å². The summed E-state index contributed by atoms with van der Waals surface area (Å²) in [5, 5.41) is 12.8. The molecule has 0 bridgehead atoms. The number of thiazole rings is 1. The van der Waals surface area contributed by atoms with E-state index in [0.717, 1.165) is 16.8 Å². The number of para-hydroxylation sites is 1. The summed E-state index contributed by atoms with van der Waals surface area (Å²) >= 11 is 1.23. The van der Waals surface area contributed by atoms with Crippen LogP contribution in [0.1, 0.15) is 27.0 Å². The third kappa shape index (κ3) is 3.97. The van der Waals surface area contributed by atoms with Crippen LogP contribution in [0.25, 0.3) is 10.2 Å². The van der Waals surface area contributed by atoms with Gasteiger partial charge in [0.05, 0.1) is 21.9 Å². The molecule has 0 fully saturated rings. The minimum Gasteiger partial charge on any atom is -0.387 e. The van der Waals surface area contributed by atoms with Crippen molar-refractivity contribution in [1.82, 2.24) is 10.3 Å². The summed E-state index contributed by atoms with van der Waals surface area (Å²) in [4.78, 5) is 16.3. The zero-order valence-electron chi connectivity index (χ0n) is 12.7. The van der Waals surface area contributed by atoms with Crippen LogP contribution < -0.4 is 5.32 Å². The van der Waals surface area contributed by atoms with Gasteiger partial charge in [0, 0.05) is 6.54 Å². The molecule has 0 spiro atoms. The van der Waals surface area contributed by atoms with Crippen LogP contribution in [0.3, 0.4) is 0 Å². The Morgan fingerprint density at radius 1 is 1.16 bits per heavy atom. The smallest absolute Gasteiger partial charge is 0.387 e. The predicted molar refractivity (Wildman–Crippen MR) is 88.4 cm³/mol. The second kappa shape index (κ2) is 6.81. The van der Waals surface area contributed by atoms with E-state index in [9.17, 15) is 23.1 Å². The van der Waals surface area contributed by atoms with Gasteiger partial charge in [0.25, 0.3) is 5.91 Å². The number of aromatic nitrogens is 1. The molecule has 8 heteroatoms. The monoisotopic (exact) mass is 366 g/mol. The first-order valence-electron chi connectivity index (χ1n) is 7.33. The molecule has 25 heavy (non-hydrogen) atoms. The second-order valence-electron chi connectivity index (χ2n) is 5.33. The quantitative estimate of drug-likeness (QED) is 0.739. The number of amides is 1. The van der Waals surface area contributed by atoms with Crippen molar-refractivity contribution in [3.63, 3.8) is 0 Å². The summed E-state index contributed by atoms with van der Waals surface area (Å²) in [6, 6.07) is 11.5. The van der Waals surface area contributed by atoms with Crippen molar-refractivity contribution < 1.29 is 23.1 Å². The average Bonchev–Trinajstić information content (AvgIpc) is 3.03. The molecule has 2 aromatic carbocycles. The molecule has 0 unspecified atom stereocenters. The number of carbonyl (C=O) groups excluding carboxylic acids is 1. The van der Waals surface area contributed by atoms with E-state index in [1.807, 2.05) is 18.2 Å². The molecule has 130 valence electrons. The van der Waals surface area contributed by atoms with Crippen LogP contribution in [0.4, 0.5) is 13.2 Å². The van der Waals surface area contributed by atoms with Gasteiger partial charge in [-0.2, -0.15) is 13.2 Å². The Hall–Kier alpha value is -2.45. The Labute approximate surface area is 144 Å². The molecule has 3 rings (SSSR count). The molecule has 1 aromatic heterocycles. The van der Waals surface area contributed by atoms with E-state index in [-0.39, 0.29) is 17.1 Å². The fourth-order valence-corrected chi connectivity index (χ4v) is 3.13. The standard InChI is InChI=1S/C17H13F3N2O2S/c18-17(19,20)11-7-5-10(6-8-11)13(23)9-21-15(24)16-22-12-3-1-2-4-14(12)25-16/h1-8,13,23H,9H2,(H,21,24)/t13-/m1/s1. The van der Waals surface area contributed by atoms with E-state index < -0.39 is 23.8 Å². The highest BCUT2D eigenvalue weighted by molar-refractivity contribution is 7.20. The number of hydrogen-bond acceptors (Lipinski definition) is 4. The van der Waals surface area contributed by atoms with Crippen LogP contribution in [0.15, 0.2) is 48.5 Å². The van der Waals surface area contributed by atoms with Crippen LogP contribution in [-0.2, 0) is 6.18 Å². The van der Waals surface area contributed by atoms with Crippen LogP contribution >= 0.6 is 11.3 Å². The zero-order chi connectivity index (χ0) is 18.0. The first kappa shape index (κ1) is 17.4. The number of nitrogens with one attached hydrogen (secondary N) is 1. The zero-order valence-corrected chi connectivity index (χ0v) is 13.6. The summed E-state index contributed by atoms with van der Waals surface area (Å²) in [6.45, 7) is -0.125. The molecule has 1 atom stereocenters. The minimum absolute atomic E-state index is 0.125. The number of nitrogens with zero attached hydrogens (tertiary/aromatic N) is 1. The number of hydrogen-bond donors (Lipinski definition) is 2. The SMILES string of the molecule is O=C(NC[C@@H](O)c1ccc(C(F)(F)F)cc1)c1nc2ccccc2s1. The second-order valence-corrected chi connectivity index (χ2v) is 6.36. The van der Waals surface area contributed by atoms with Gasteiger partial charge in [0.15, 0.2) is 5.01 Å². The normalized spacial score (nSPS) is 13.0. The summed E-state index contributed by atoms with van der Waals surface area (Å²) in [7, 11) is 0. The fraction of sp³-hybridized carbons (Fsp3) is 0.176. The molecule has 0 saturated carbocycles. The van der Waals surface area contributed by atoms with E-state index in [1.165, 1.54) is 23.5 Å². The van der Waals surface area contributed by atoms with Crippen molar-refractivity contribution in [3.8, 4) is 0 Å². The number of benzene rings is 2. The molecule has 0 aliphatic heterocycles. The van der Waals surface area contributed by atoms with Gasteiger partial charge in [0.1, 0.15) is 0 Å². The molecule has 2 N–H and O–H groups in total. The summed E-state index contributed by atoms with van der Waals surface area (Å²) in [5.41, 5.74) is 0.209. The molecule has 4 nitrogen and oxygen atoms in total. The van der Waals surface area contributed by atoms with Gasteiger partial charge < -0.3 is 10.4 Å². The predicted octanol–water partition coefficient (Wildman–Crippen LogP) is 3.78. The van der Waals surface area contributed by atoms with Gasteiger partial charge in [-0.3, -0.25) is 4.79 Å². The highest BCUT2D eigenvalue weighted by atomic mass is 32.1. The van der Waals surface area contributed by atoms with E-state index in [0.29, 0.717) is 5.52 Å². The number of aliphatic hydroxyl groups is 1. The van der Waals surface area contributed by atoms with E-state index >= 15 is 0 Å². The lowest BCUT2D eigenvalue weighted by Gasteiger charge is -2.13. The van der Waals surface area contributed by atoms with Gasteiger partial charge in [-0.05, 0) is 29.8 Å². The highest BCUT2D eigenvalue weighted by Crippen LogP contribution is 2.30. The van der Waals surface area contributed by atoms with Gasteiger partial charge in [-0.1, -0.05) is 24.3 Å². The molecule has 0 aliphatic carbocycles. The van der Waals surface area contributed by atoms with Crippen molar-refractivity contribution >= 4 is 27.5 Å². The molecular formula is C17H13F3N2O2S. The first-order chi connectivity index (χ1) is 11.8. The molecule has 0 aliphatic rings. The van der Waals surface area contributed by atoms with Crippen molar-refractivity contribution in [3.05, 3.63) is 64.7 Å². The Bertz CT molecular complexity index is 858. The lowest BCUT2D eigenvalue weighted by atomic mass is 10.1. The van der Waals surface area contributed by atoms with Crippen molar-refractivity contribution in [2.75, 3.05) is 6.54 Å². The molecule has 1 heterocycles. The number of fused-ring (bicyclic) bond motifs is 1. The molecule has 0 saturated heterocycles. The van der Waals surface area contributed by atoms with E-state index in [1.54, 1.807) is 6.07 Å². The van der Waals surface area contributed by atoms with Gasteiger partial charge >= 0.3 is 6.18 Å². The first-order valence-corrected chi connectivity index (χ1v) is 8.15. The number of halogens is 3. The Balaban J connectivity index is 1.63. The largest absolute Gasteiger partial charge is 0.416 e. The lowest BCUT2D eigenvalue weighted by Crippen LogP contribution is -2.28.